The van der Waals surface area contributed by atoms with Crippen LogP contribution in [0.1, 0.15) is 168 Å². The molecule has 0 aliphatic rings. The monoisotopic (exact) mass is 637 g/mol. The van der Waals surface area contributed by atoms with Crippen LogP contribution in [-0.2, 0) is 34.5 Å². The number of aromatic hydroxyl groups is 2. The highest BCUT2D eigenvalue weighted by atomic mass is 16.3. The summed E-state index contributed by atoms with van der Waals surface area (Å²) in [5, 5.41) is 29.2. The molecular formula is C42H72N2O2. The summed E-state index contributed by atoms with van der Waals surface area (Å²) in [6.07, 6.45) is 12.1. The summed E-state index contributed by atoms with van der Waals surface area (Å²) in [5.41, 5.74) is 6.65. The van der Waals surface area contributed by atoms with Crippen molar-refractivity contribution in [2.45, 2.75) is 169 Å². The molecule has 4 N–H and O–H groups in total. The van der Waals surface area contributed by atoms with Crippen LogP contribution in [0, 0.1) is 0 Å². The lowest BCUT2D eigenvalue weighted by atomic mass is 9.78. The quantitative estimate of drug-likeness (QED) is 0.131. The lowest BCUT2D eigenvalue weighted by Crippen LogP contribution is -2.19. The Hall–Kier alpha value is -2.04. The molecule has 0 aliphatic carbocycles. The van der Waals surface area contributed by atoms with Gasteiger partial charge in [0.2, 0.25) is 0 Å². The van der Waals surface area contributed by atoms with E-state index in [-0.39, 0.29) is 21.7 Å². The van der Waals surface area contributed by atoms with Crippen molar-refractivity contribution in [1.29, 1.82) is 0 Å². The molecule has 0 unspecified atom stereocenters. The molecule has 2 aromatic rings. The van der Waals surface area contributed by atoms with Crippen molar-refractivity contribution in [3.8, 4) is 11.5 Å². The maximum atomic E-state index is 11.0. The number of nitrogens with one attached hydrogen (secondary N) is 2. The van der Waals surface area contributed by atoms with Gasteiger partial charge in [0.05, 0.1) is 0 Å². The molecule has 2 aromatic carbocycles. The topological polar surface area (TPSA) is 64.5 Å². The highest BCUT2D eigenvalue weighted by molar-refractivity contribution is 5.51. The first-order valence-electron chi connectivity index (χ1n) is 18.4. The summed E-state index contributed by atoms with van der Waals surface area (Å²) < 4.78 is 0. The SMILES string of the molecule is CC(C)(C)c1cc(CCCNCCCCCCCCNCCCc2cc(C(C)(C)C)c(O)c(C(C)(C)C)c2)cc(C(C)(C)C)c1O. The van der Waals surface area contributed by atoms with Gasteiger partial charge in [-0.2, -0.15) is 0 Å². The first-order valence-corrected chi connectivity index (χ1v) is 18.4. The first kappa shape index (κ1) is 40.1. The second-order valence-electron chi connectivity index (χ2n) is 17.9. The van der Waals surface area contributed by atoms with Crippen molar-refractivity contribution in [3.05, 3.63) is 57.6 Å². The molecule has 0 fully saturated rings. The average molecular weight is 637 g/mol. The molecule has 4 nitrogen and oxygen atoms in total. The molecule has 0 saturated carbocycles. The maximum Gasteiger partial charge on any atom is 0.123 e. The largest absolute Gasteiger partial charge is 0.507 e. The van der Waals surface area contributed by atoms with E-state index in [1.54, 1.807) is 0 Å². The molecule has 0 aromatic heterocycles. The van der Waals surface area contributed by atoms with Crippen LogP contribution in [0.5, 0.6) is 11.5 Å². The fraction of sp³-hybridized carbons (Fsp3) is 0.714. The molecule has 0 saturated heterocycles. The summed E-state index contributed by atoms with van der Waals surface area (Å²) in [5.74, 6) is 0.953. The van der Waals surface area contributed by atoms with Crippen LogP contribution in [-0.4, -0.2) is 36.4 Å². The number of rotatable bonds is 17. The predicted octanol–water partition coefficient (Wildman–Crippen LogP) is 10.4. The zero-order valence-corrected chi connectivity index (χ0v) is 32.1. The molecule has 0 heterocycles. The molecule has 0 atom stereocenters. The summed E-state index contributed by atoms with van der Waals surface area (Å²) in [6.45, 7) is 30.5. The number of phenols is 2. The Balaban J connectivity index is 1.56. The summed E-state index contributed by atoms with van der Waals surface area (Å²) >= 11 is 0. The second-order valence-corrected chi connectivity index (χ2v) is 17.9. The zero-order valence-electron chi connectivity index (χ0n) is 32.1. The second kappa shape index (κ2) is 17.4. The van der Waals surface area contributed by atoms with Gasteiger partial charge in [-0.3, -0.25) is 0 Å². The van der Waals surface area contributed by atoms with Crippen LogP contribution in [0.25, 0.3) is 0 Å². The van der Waals surface area contributed by atoms with Crippen molar-refractivity contribution in [2.24, 2.45) is 0 Å². The lowest BCUT2D eigenvalue weighted by molar-refractivity contribution is 0.421. The third-order valence-corrected chi connectivity index (χ3v) is 9.17. The van der Waals surface area contributed by atoms with Crippen LogP contribution < -0.4 is 10.6 Å². The van der Waals surface area contributed by atoms with Gasteiger partial charge in [0.1, 0.15) is 11.5 Å². The van der Waals surface area contributed by atoms with Gasteiger partial charge < -0.3 is 20.8 Å². The number of phenolic OH excluding ortho intramolecular Hbond substituents is 2. The summed E-state index contributed by atoms with van der Waals surface area (Å²) in [6, 6.07) is 8.90. The van der Waals surface area contributed by atoms with E-state index in [0.717, 1.165) is 74.1 Å². The number of hydrogen-bond acceptors (Lipinski definition) is 4. The van der Waals surface area contributed by atoms with Crippen LogP contribution >= 0.6 is 0 Å². The van der Waals surface area contributed by atoms with Crippen molar-refractivity contribution in [1.82, 2.24) is 10.6 Å². The van der Waals surface area contributed by atoms with E-state index in [1.165, 1.54) is 49.7 Å². The molecule has 262 valence electrons. The minimum Gasteiger partial charge on any atom is -0.507 e. The number of benzene rings is 2. The molecular weight excluding hydrogens is 564 g/mol. The molecule has 0 amide bonds. The molecule has 4 heteroatoms. The predicted molar refractivity (Wildman–Crippen MR) is 201 cm³/mol. The van der Waals surface area contributed by atoms with E-state index in [1.807, 2.05) is 0 Å². The molecule has 0 aliphatic heterocycles. The Labute approximate surface area is 284 Å². The number of unbranched alkanes of at least 4 members (excludes halogenated alkanes) is 5. The van der Waals surface area contributed by atoms with Crippen molar-refractivity contribution in [3.63, 3.8) is 0 Å². The molecule has 0 radical (unpaired) electrons. The van der Waals surface area contributed by atoms with E-state index in [9.17, 15) is 10.2 Å². The minimum absolute atomic E-state index is 0.0711. The fourth-order valence-corrected chi connectivity index (χ4v) is 6.26. The highest BCUT2D eigenvalue weighted by Crippen LogP contribution is 2.41. The van der Waals surface area contributed by atoms with Gasteiger partial charge in [-0.15, -0.1) is 0 Å². The highest BCUT2D eigenvalue weighted by Gasteiger charge is 2.27. The van der Waals surface area contributed by atoms with Crippen LogP contribution in [0.2, 0.25) is 0 Å². The van der Waals surface area contributed by atoms with Crippen LogP contribution in [0.15, 0.2) is 24.3 Å². The Bertz CT molecular complexity index is 1040. The van der Waals surface area contributed by atoms with Crippen LogP contribution in [0.3, 0.4) is 0 Å². The average Bonchev–Trinajstić information content (AvgIpc) is 2.91. The van der Waals surface area contributed by atoms with Gasteiger partial charge in [-0.1, -0.05) is 133 Å². The maximum absolute atomic E-state index is 11.0. The normalized spacial score (nSPS) is 13.0. The lowest BCUT2D eigenvalue weighted by Gasteiger charge is -2.28. The van der Waals surface area contributed by atoms with Gasteiger partial charge in [-0.25, -0.2) is 0 Å². The van der Waals surface area contributed by atoms with Crippen molar-refractivity contribution >= 4 is 0 Å². The van der Waals surface area contributed by atoms with Crippen molar-refractivity contribution in [2.75, 3.05) is 26.2 Å². The van der Waals surface area contributed by atoms with Gasteiger partial charge in [0.25, 0.3) is 0 Å². The molecule has 46 heavy (non-hydrogen) atoms. The summed E-state index contributed by atoms with van der Waals surface area (Å²) in [4.78, 5) is 0. The minimum atomic E-state index is -0.0711. The Morgan fingerprint density at radius 1 is 0.391 bits per heavy atom. The van der Waals surface area contributed by atoms with Crippen LogP contribution in [0.4, 0.5) is 0 Å². The van der Waals surface area contributed by atoms with Crippen molar-refractivity contribution < 1.29 is 10.2 Å². The van der Waals surface area contributed by atoms with Gasteiger partial charge in [-0.05, 0) is 120 Å². The van der Waals surface area contributed by atoms with E-state index in [2.05, 4.69) is 118 Å². The molecule has 0 spiro atoms. The first-order chi connectivity index (χ1) is 21.2. The zero-order chi connectivity index (χ0) is 34.8. The van der Waals surface area contributed by atoms with E-state index >= 15 is 0 Å². The van der Waals surface area contributed by atoms with Gasteiger partial charge >= 0.3 is 0 Å². The van der Waals surface area contributed by atoms with E-state index in [0.29, 0.717) is 11.5 Å². The number of aryl methyl sites for hydroxylation is 2. The smallest absolute Gasteiger partial charge is 0.123 e. The fourth-order valence-electron chi connectivity index (χ4n) is 6.26. The standard InChI is InChI=1S/C42H72N2O2/c1-39(2,3)33-27-31(28-34(37(33)45)40(4,5)6)21-19-25-43-23-17-15-13-14-16-18-24-44-26-20-22-32-29-35(41(7,8)9)38(46)36(30-32)42(10,11)12/h27-30,43-46H,13-26H2,1-12H3. The van der Waals surface area contributed by atoms with E-state index in [4.69, 9.17) is 0 Å². The summed E-state index contributed by atoms with van der Waals surface area (Å²) in [7, 11) is 0. The Morgan fingerprint density at radius 2 is 0.630 bits per heavy atom. The number of hydrogen-bond donors (Lipinski definition) is 4. The third-order valence-electron chi connectivity index (χ3n) is 9.17. The third kappa shape index (κ3) is 13.2. The van der Waals surface area contributed by atoms with Gasteiger partial charge in [0.15, 0.2) is 0 Å². The Kier molecular flexibility index (Phi) is 15.2. The van der Waals surface area contributed by atoms with Gasteiger partial charge in [0, 0.05) is 0 Å². The molecule has 0 bridgehead atoms. The Morgan fingerprint density at radius 3 is 0.891 bits per heavy atom. The van der Waals surface area contributed by atoms with E-state index < -0.39 is 0 Å². The molecule has 2 rings (SSSR count).